The van der Waals surface area contributed by atoms with E-state index in [-0.39, 0.29) is 11.7 Å². The maximum absolute atomic E-state index is 13.6. The molecule has 0 aliphatic rings. The highest BCUT2D eigenvalue weighted by atomic mass is 79.9. The standard InChI is InChI=1S/C13H12BrF2NO/c1-8(5-10-3-2-4-18-10)17-13-11(14)6-9(15)7-12(13)16/h2-4,6-8,17H,5H2,1H3. The first-order chi connectivity index (χ1) is 8.56. The summed E-state index contributed by atoms with van der Waals surface area (Å²) in [5.74, 6) is -0.412. The number of furan rings is 1. The zero-order chi connectivity index (χ0) is 13.1. The van der Waals surface area contributed by atoms with Crippen LogP contribution in [-0.4, -0.2) is 6.04 Å². The number of halogens is 3. The molecule has 0 radical (unpaired) electrons. The Hall–Kier alpha value is -1.36. The molecule has 0 saturated carbocycles. The van der Waals surface area contributed by atoms with Gasteiger partial charge in [0.05, 0.1) is 12.0 Å². The highest BCUT2D eigenvalue weighted by Gasteiger charge is 2.13. The van der Waals surface area contributed by atoms with Gasteiger partial charge in [-0.05, 0) is 41.1 Å². The molecule has 0 saturated heterocycles. The second-order valence-electron chi connectivity index (χ2n) is 4.07. The first-order valence-corrected chi connectivity index (χ1v) is 6.29. The number of nitrogens with one attached hydrogen (secondary N) is 1. The van der Waals surface area contributed by atoms with E-state index in [0.717, 1.165) is 11.8 Å². The Balaban J connectivity index is 2.09. The summed E-state index contributed by atoms with van der Waals surface area (Å²) in [5.41, 5.74) is 0.260. The van der Waals surface area contributed by atoms with Gasteiger partial charge in [0.2, 0.25) is 0 Å². The minimum atomic E-state index is -0.617. The van der Waals surface area contributed by atoms with Gasteiger partial charge in [0.1, 0.15) is 17.4 Å². The van der Waals surface area contributed by atoms with E-state index in [1.165, 1.54) is 6.07 Å². The number of anilines is 1. The molecule has 0 fully saturated rings. The molecule has 0 amide bonds. The fourth-order valence-electron chi connectivity index (χ4n) is 1.71. The van der Waals surface area contributed by atoms with Crippen molar-refractivity contribution in [3.05, 3.63) is 52.4 Å². The molecule has 2 nitrogen and oxygen atoms in total. The molecule has 1 atom stereocenters. The molecule has 1 heterocycles. The van der Waals surface area contributed by atoms with Crippen LogP contribution in [0.1, 0.15) is 12.7 Å². The third-order valence-electron chi connectivity index (χ3n) is 2.49. The monoisotopic (exact) mass is 315 g/mol. The van der Waals surface area contributed by atoms with Crippen molar-refractivity contribution in [3.8, 4) is 0 Å². The summed E-state index contributed by atoms with van der Waals surface area (Å²) in [6, 6.07) is 5.70. The number of hydrogen-bond acceptors (Lipinski definition) is 2. The normalized spacial score (nSPS) is 12.4. The summed E-state index contributed by atoms with van der Waals surface area (Å²) in [7, 11) is 0. The lowest BCUT2D eigenvalue weighted by molar-refractivity contribution is 0.496. The minimum absolute atomic E-state index is 0.0348. The van der Waals surface area contributed by atoms with Crippen LogP contribution < -0.4 is 5.32 Å². The molecule has 1 aromatic carbocycles. The average molecular weight is 316 g/mol. The fraction of sp³-hybridized carbons (Fsp3) is 0.231. The first-order valence-electron chi connectivity index (χ1n) is 5.49. The maximum atomic E-state index is 13.6. The molecule has 1 N–H and O–H groups in total. The van der Waals surface area contributed by atoms with Gasteiger partial charge < -0.3 is 9.73 Å². The molecule has 0 aliphatic carbocycles. The van der Waals surface area contributed by atoms with Crippen LogP contribution in [0.25, 0.3) is 0 Å². The maximum Gasteiger partial charge on any atom is 0.150 e. The lowest BCUT2D eigenvalue weighted by Gasteiger charge is -2.16. The van der Waals surface area contributed by atoms with Crippen LogP contribution in [0.3, 0.4) is 0 Å². The summed E-state index contributed by atoms with van der Waals surface area (Å²) in [6.45, 7) is 1.90. The van der Waals surface area contributed by atoms with E-state index in [1.54, 1.807) is 12.3 Å². The Morgan fingerprint density at radius 1 is 1.39 bits per heavy atom. The van der Waals surface area contributed by atoms with E-state index in [2.05, 4.69) is 21.2 Å². The van der Waals surface area contributed by atoms with Crippen molar-refractivity contribution in [3.63, 3.8) is 0 Å². The van der Waals surface area contributed by atoms with E-state index in [4.69, 9.17) is 4.42 Å². The van der Waals surface area contributed by atoms with Crippen molar-refractivity contribution in [2.24, 2.45) is 0 Å². The van der Waals surface area contributed by atoms with Crippen LogP contribution in [0.15, 0.2) is 39.4 Å². The van der Waals surface area contributed by atoms with Crippen LogP contribution in [0, 0.1) is 11.6 Å². The smallest absolute Gasteiger partial charge is 0.150 e. The fourth-order valence-corrected chi connectivity index (χ4v) is 2.23. The van der Waals surface area contributed by atoms with Crippen LogP contribution in [0.4, 0.5) is 14.5 Å². The van der Waals surface area contributed by atoms with Crippen molar-refractivity contribution < 1.29 is 13.2 Å². The largest absolute Gasteiger partial charge is 0.469 e. The zero-order valence-corrected chi connectivity index (χ0v) is 11.3. The van der Waals surface area contributed by atoms with Gasteiger partial charge in [-0.15, -0.1) is 0 Å². The molecule has 0 bridgehead atoms. The SMILES string of the molecule is CC(Cc1ccco1)Nc1c(F)cc(F)cc1Br. The third kappa shape index (κ3) is 3.10. The van der Waals surface area contributed by atoms with Crippen LogP contribution in [0.2, 0.25) is 0 Å². The topological polar surface area (TPSA) is 25.2 Å². The van der Waals surface area contributed by atoms with E-state index < -0.39 is 11.6 Å². The van der Waals surface area contributed by atoms with Crippen LogP contribution in [0.5, 0.6) is 0 Å². The molecule has 2 aromatic rings. The van der Waals surface area contributed by atoms with Gasteiger partial charge in [0.25, 0.3) is 0 Å². The van der Waals surface area contributed by atoms with Crippen molar-refractivity contribution in [1.29, 1.82) is 0 Å². The lowest BCUT2D eigenvalue weighted by atomic mass is 10.2. The van der Waals surface area contributed by atoms with Crippen LogP contribution in [-0.2, 0) is 6.42 Å². The second-order valence-corrected chi connectivity index (χ2v) is 4.93. The molecule has 96 valence electrons. The molecular formula is C13H12BrF2NO. The van der Waals surface area contributed by atoms with Gasteiger partial charge in [0, 0.05) is 23.0 Å². The molecule has 0 aliphatic heterocycles. The zero-order valence-electron chi connectivity index (χ0n) is 9.71. The third-order valence-corrected chi connectivity index (χ3v) is 3.11. The molecule has 1 aromatic heterocycles. The molecular weight excluding hydrogens is 304 g/mol. The van der Waals surface area contributed by atoms with Gasteiger partial charge in [-0.1, -0.05) is 0 Å². The van der Waals surface area contributed by atoms with E-state index in [0.29, 0.717) is 10.9 Å². The number of benzene rings is 1. The van der Waals surface area contributed by atoms with Gasteiger partial charge in [-0.3, -0.25) is 0 Å². The molecule has 2 rings (SSSR count). The number of hydrogen-bond donors (Lipinski definition) is 1. The Morgan fingerprint density at radius 2 is 2.17 bits per heavy atom. The van der Waals surface area contributed by atoms with Gasteiger partial charge in [-0.2, -0.15) is 0 Å². The summed E-state index contributed by atoms with van der Waals surface area (Å²) >= 11 is 3.14. The predicted octanol–water partition coefficient (Wildman–Crippen LogP) is 4.36. The Bertz CT molecular complexity index is 505. The van der Waals surface area contributed by atoms with Gasteiger partial charge in [0.15, 0.2) is 0 Å². The quantitative estimate of drug-likeness (QED) is 0.906. The van der Waals surface area contributed by atoms with Gasteiger partial charge in [-0.25, -0.2) is 8.78 Å². The predicted molar refractivity (Wildman–Crippen MR) is 69.6 cm³/mol. The summed E-state index contributed by atoms with van der Waals surface area (Å²) in [6.07, 6.45) is 2.21. The summed E-state index contributed by atoms with van der Waals surface area (Å²) in [5, 5.41) is 3.00. The van der Waals surface area contributed by atoms with Crippen LogP contribution >= 0.6 is 15.9 Å². The Kier molecular flexibility index (Phi) is 4.01. The highest BCUT2D eigenvalue weighted by molar-refractivity contribution is 9.10. The van der Waals surface area contributed by atoms with Crippen molar-refractivity contribution in [2.45, 2.75) is 19.4 Å². The molecule has 18 heavy (non-hydrogen) atoms. The van der Waals surface area contributed by atoms with Gasteiger partial charge >= 0.3 is 0 Å². The number of rotatable bonds is 4. The minimum Gasteiger partial charge on any atom is -0.469 e. The lowest BCUT2D eigenvalue weighted by Crippen LogP contribution is -2.19. The summed E-state index contributed by atoms with van der Waals surface area (Å²) in [4.78, 5) is 0. The van der Waals surface area contributed by atoms with Crippen molar-refractivity contribution >= 4 is 21.6 Å². The Labute approximate surface area is 112 Å². The molecule has 1 unspecified atom stereocenters. The van der Waals surface area contributed by atoms with E-state index >= 15 is 0 Å². The van der Waals surface area contributed by atoms with Crippen molar-refractivity contribution in [1.82, 2.24) is 0 Å². The average Bonchev–Trinajstić information content (AvgIpc) is 2.76. The van der Waals surface area contributed by atoms with E-state index in [1.807, 2.05) is 13.0 Å². The molecule has 5 heteroatoms. The molecule has 0 spiro atoms. The van der Waals surface area contributed by atoms with E-state index in [9.17, 15) is 8.78 Å². The van der Waals surface area contributed by atoms with Crippen molar-refractivity contribution in [2.75, 3.05) is 5.32 Å². The highest BCUT2D eigenvalue weighted by Crippen LogP contribution is 2.27. The second kappa shape index (κ2) is 5.52. The Morgan fingerprint density at radius 3 is 2.78 bits per heavy atom. The summed E-state index contributed by atoms with van der Waals surface area (Å²) < 4.78 is 32.1. The first kappa shape index (κ1) is 13.1.